The van der Waals surface area contributed by atoms with Crippen molar-refractivity contribution in [3.63, 3.8) is 0 Å². The van der Waals surface area contributed by atoms with Gasteiger partial charge in [0.05, 0.1) is 17.1 Å². The fraction of sp³-hybridized carbons (Fsp3) is 0.312. The molecule has 7 nitrogen and oxygen atoms in total. The van der Waals surface area contributed by atoms with E-state index in [-0.39, 0.29) is 16.3 Å². The zero-order valence-electron chi connectivity index (χ0n) is 23.9. The Bertz CT molecular complexity index is 1640. The van der Waals surface area contributed by atoms with Crippen LogP contribution in [0.25, 0.3) is 11.3 Å². The number of rotatable bonds is 3. The quantitative estimate of drug-likeness (QED) is 0.283. The van der Waals surface area contributed by atoms with Crippen LogP contribution in [0, 0.1) is 13.8 Å². The van der Waals surface area contributed by atoms with Crippen LogP contribution in [0.3, 0.4) is 0 Å². The maximum Gasteiger partial charge on any atom is 0.264 e. The highest BCUT2D eigenvalue weighted by Crippen LogP contribution is 2.37. The first-order valence-electron chi connectivity index (χ1n) is 13.6. The number of aromatic nitrogens is 2. The maximum absolute atomic E-state index is 13.4. The van der Waals surface area contributed by atoms with E-state index in [0.717, 1.165) is 27.8 Å². The Morgan fingerprint density at radius 1 is 0.950 bits per heavy atom. The van der Waals surface area contributed by atoms with Gasteiger partial charge in [-0.05, 0) is 66.1 Å². The lowest BCUT2D eigenvalue weighted by molar-refractivity contribution is 0.208. The topological polar surface area (TPSA) is 93.2 Å². The van der Waals surface area contributed by atoms with Gasteiger partial charge in [-0.2, -0.15) is 4.98 Å². The van der Waals surface area contributed by atoms with Crippen LogP contribution in [0.5, 0.6) is 5.88 Å². The summed E-state index contributed by atoms with van der Waals surface area (Å²) >= 11 is 0. The fourth-order valence-corrected chi connectivity index (χ4v) is 6.03. The molecule has 0 spiro atoms. The molecule has 0 aliphatic carbocycles. The van der Waals surface area contributed by atoms with Crippen molar-refractivity contribution in [1.29, 1.82) is 0 Å². The Labute approximate surface area is 237 Å². The number of hydrogen-bond acceptors (Lipinski definition) is 6. The molecule has 0 saturated carbocycles. The highest BCUT2D eigenvalue weighted by Gasteiger charge is 2.26. The van der Waals surface area contributed by atoms with Crippen molar-refractivity contribution in [2.45, 2.75) is 64.4 Å². The molecule has 0 amide bonds. The maximum atomic E-state index is 13.4. The minimum Gasteiger partial charge on any atom is -0.467 e. The number of sulfonamides is 1. The van der Waals surface area contributed by atoms with Crippen LogP contribution in [0.15, 0.2) is 71.6 Å². The molecule has 0 saturated heterocycles. The van der Waals surface area contributed by atoms with E-state index in [1.54, 1.807) is 18.2 Å². The molecule has 208 valence electrons. The molecule has 2 heterocycles. The van der Waals surface area contributed by atoms with Crippen LogP contribution in [-0.2, 0) is 21.9 Å². The van der Waals surface area contributed by atoms with Crippen molar-refractivity contribution in [3.05, 3.63) is 94.5 Å². The Hall–Kier alpha value is -3.91. The monoisotopic (exact) mass is 556 g/mol. The van der Waals surface area contributed by atoms with Crippen LogP contribution in [0.4, 0.5) is 11.6 Å². The Balaban J connectivity index is 1.71. The highest BCUT2D eigenvalue weighted by molar-refractivity contribution is 7.92. The molecule has 3 aromatic carbocycles. The van der Waals surface area contributed by atoms with Gasteiger partial charge in [0.2, 0.25) is 11.8 Å². The van der Waals surface area contributed by atoms with Gasteiger partial charge in [0.1, 0.15) is 6.10 Å². The molecule has 0 radical (unpaired) electrons. The predicted molar refractivity (Wildman–Crippen MR) is 161 cm³/mol. The lowest BCUT2D eigenvalue weighted by atomic mass is 9.86. The number of nitrogens with zero attached hydrogens (tertiary/aromatic N) is 2. The number of benzene rings is 3. The van der Waals surface area contributed by atoms with Gasteiger partial charge in [0.25, 0.3) is 10.0 Å². The third-order valence-electron chi connectivity index (χ3n) is 7.30. The molecular formula is C32H36N4O3S. The van der Waals surface area contributed by atoms with E-state index >= 15 is 0 Å². The molecule has 1 aliphatic rings. The summed E-state index contributed by atoms with van der Waals surface area (Å²) in [6.07, 6.45) is 0.209. The minimum absolute atomic E-state index is 0.0226. The van der Waals surface area contributed by atoms with Crippen LogP contribution in [0.2, 0.25) is 0 Å². The fourth-order valence-electron chi connectivity index (χ4n) is 5.04. The number of fused-ring (bicyclic) bond motifs is 4. The van der Waals surface area contributed by atoms with Crippen molar-refractivity contribution >= 4 is 21.7 Å². The van der Waals surface area contributed by atoms with Crippen LogP contribution >= 0.6 is 0 Å². The number of anilines is 2. The van der Waals surface area contributed by atoms with E-state index in [2.05, 4.69) is 60.1 Å². The van der Waals surface area contributed by atoms with E-state index in [0.29, 0.717) is 30.2 Å². The lowest BCUT2D eigenvalue weighted by Crippen LogP contribution is -2.23. The molecule has 1 atom stereocenters. The van der Waals surface area contributed by atoms with Gasteiger partial charge in [-0.25, -0.2) is 18.1 Å². The van der Waals surface area contributed by atoms with Crippen molar-refractivity contribution in [3.8, 4) is 17.1 Å². The Morgan fingerprint density at radius 3 is 2.27 bits per heavy atom. The van der Waals surface area contributed by atoms with Gasteiger partial charge in [0.15, 0.2) is 0 Å². The van der Waals surface area contributed by atoms with Gasteiger partial charge in [0, 0.05) is 16.8 Å². The third kappa shape index (κ3) is 5.54. The molecule has 4 bridgehead atoms. The van der Waals surface area contributed by atoms with E-state index < -0.39 is 16.1 Å². The van der Waals surface area contributed by atoms with Crippen molar-refractivity contribution < 1.29 is 13.2 Å². The minimum atomic E-state index is -3.94. The summed E-state index contributed by atoms with van der Waals surface area (Å²) in [6, 6.07) is 21.3. The molecule has 40 heavy (non-hydrogen) atoms. The van der Waals surface area contributed by atoms with E-state index in [9.17, 15) is 8.42 Å². The van der Waals surface area contributed by atoms with E-state index in [1.165, 1.54) is 5.56 Å². The molecular weight excluding hydrogens is 520 g/mol. The Kier molecular flexibility index (Phi) is 7.31. The van der Waals surface area contributed by atoms with Crippen molar-refractivity contribution in [2.24, 2.45) is 0 Å². The van der Waals surface area contributed by atoms with Gasteiger partial charge in [-0.1, -0.05) is 76.2 Å². The SMILES string of the molecule is CCc1c2nc(nc1-c1c(C)cccc1C)NS(=O)(=O)c1cccc(c1)NCC(c1ccc(C(C)(C)C)cc1)O2. The van der Waals surface area contributed by atoms with E-state index in [1.807, 2.05) is 45.0 Å². The molecule has 1 aliphatic heterocycles. The standard InChI is InChI=1S/C32H36N4O3S/c1-7-26-29(28-20(2)10-8-11-21(28)3)34-31-35-30(26)39-27(22-14-16-23(17-15-22)32(4,5)6)19-33-24-12-9-13-25(18-24)40(37,38)36-31/h8-18,27,33H,7,19H2,1-6H3,(H,34,35,36). The van der Waals surface area contributed by atoms with Gasteiger partial charge in [-0.15, -0.1) is 0 Å². The third-order valence-corrected chi connectivity index (χ3v) is 8.63. The summed E-state index contributed by atoms with van der Waals surface area (Å²) in [5.41, 5.74) is 7.45. The summed E-state index contributed by atoms with van der Waals surface area (Å²) in [6.45, 7) is 13.1. The second-order valence-corrected chi connectivity index (χ2v) is 13.0. The second kappa shape index (κ2) is 10.6. The second-order valence-electron chi connectivity index (χ2n) is 11.3. The number of aryl methyl sites for hydroxylation is 2. The smallest absolute Gasteiger partial charge is 0.264 e. The number of ether oxygens (including phenoxy) is 1. The van der Waals surface area contributed by atoms with E-state index in [4.69, 9.17) is 9.72 Å². The summed E-state index contributed by atoms with van der Waals surface area (Å²) < 4.78 is 36.0. The van der Waals surface area contributed by atoms with Crippen LogP contribution in [-0.4, -0.2) is 24.9 Å². The zero-order chi connectivity index (χ0) is 28.7. The summed E-state index contributed by atoms with van der Waals surface area (Å²) in [7, 11) is -3.94. The molecule has 5 rings (SSSR count). The first-order valence-corrected chi connectivity index (χ1v) is 15.1. The van der Waals surface area contributed by atoms with Gasteiger partial charge in [-0.3, -0.25) is 0 Å². The number of hydrogen-bond donors (Lipinski definition) is 2. The average molecular weight is 557 g/mol. The van der Waals surface area contributed by atoms with Gasteiger partial charge >= 0.3 is 0 Å². The first kappa shape index (κ1) is 27.6. The van der Waals surface area contributed by atoms with Gasteiger partial charge < -0.3 is 10.1 Å². The molecule has 8 heteroatoms. The van der Waals surface area contributed by atoms with Crippen molar-refractivity contribution in [2.75, 3.05) is 16.6 Å². The highest BCUT2D eigenvalue weighted by atomic mass is 32.2. The van der Waals surface area contributed by atoms with Crippen LogP contribution in [0.1, 0.15) is 61.6 Å². The largest absolute Gasteiger partial charge is 0.467 e. The van der Waals surface area contributed by atoms with Crippen molar-refractivity contribution in [1.82, 2.24) is 9.97 Å². The lowest BCUT2D eigenvalue weighted by Gasteiger charge is -2.25. The first-order chi connectivity index (χ1) is 19.0. The molecule has 1 aromatic heterocycles. The average Bonchev–Trinajstić information content (AvgIpc) is 2.90. The Morgan fingerprint density at radius 2 is 1.62 bits per heavy atom. The normalized spacial score (nSPS) is 16.5. The molecule has 2 N–H and O–H groups in total. The summed E-state index contributed by atoms with van der Waals surface area (Å²) in [5.74, 6) is 0.342. The summed E-state index contributed by atoms with van der Waals surface area (Å²) in [4.78, 5) is 9.54. The zero-order valence-corrected chi connectivity index (χ0v) is 24.7. The number of nitrogens with one attached hydrogen (secondary N) is 2. The molecule has 0 fully saturated rings. The summed E-state index contributed by atoms with van der Waals surface area (Å²) in [5, 5.41) is 3.38. The molecule has 1 unspecified atom stereocenters. The predicted octanol–water partition coefficient (Wildman–Crippen LogP) is 6.97. The van der Waals surface area contributed by atoms with Crippen LogP contribution < -0.4 is 14.8 Å². The molecule has 4 aromatic rings.